The van der Waals surface area contributed by atoms with Gasteiger partial charge < -0.3 is 15.0 Å². The molecule has 0 spiro atoms. The zero-order valence-electron chi connectivity index (χ0n) is 17.0. The molecule has 5 nitrogen and oxygen atoms in total. The molecule has 1 saturated carbocycles. The number of piperidine rings is 1. The number of hydrogen-bond acceptors (Lipinski definition) is 3. The summed E-state index contributed by atoms with van der Waals surface area (Å²) in [5.41, 5.74) is 1.49. The first-order chi connectivity index (χ1) is 14.6. The molecule has 0 aromatic heterocycles. The van der Waals surface area contributed by atoms with Crippen LogP contribution in [0.4, 0.5) is 0 Å². The SMILES string of the molecule is O=C(NC1CC1)c1cccc(OC[C@@H]2CCCN(C(=O)Cc3ccccc3Cl)C2)c1. The Balaban J connectivity index is 1.29. The maximum absolute atomic E-state index is 12.7. The second-order valence-electron chi connectivity index (χ2n) is 8.20. The zero-order chi connectivity index (χ0) is 20.9. The minimum absolute atomic E-state index is 0.0445. The molecule has 1 heterocycles. The van der Waals surface area contributed by atoms with Crippen LogP contribution >= 0.6 is 11.6 Å². The average molecular weight is 427 g/mol. The van der Waals surface area contributed by atoms with E-state index in [1.165, 1.54) is 0 Å². The normalized spacial score (nSPS) is 18.7. The van der Waals surface area contributed by atoms with E-state index in [2.05, 4.69) is 5.32 Å². The number of carbonyl (C=O) groups excluding carboxylic acids is 2. The van der Waals surface area contributed by atoms with Crippen molar-refractivity contribution in [3.63, 3.8) is 0 Å². The fourth-order valence-electron chi connectivity index (χ4n) is 3.78. The fourth-order valence-corrected chi connectivity index (χ4v) is 3.98. The summed E-state index contributed by atoms with van der Waals surface area (Å²) in [5.74, 6) is 1.03. The average Bonchev–Trinajstić information content (AvgIpc) is 3.58. The van der Waals surface area contributed by atoms with Crippen molar-refractivity contribution in [1.29, 1.82) is 0 Å². The monoisotopic (exact) mass is 426 g/mol. The minimum atomic E-state index is -0.0445. The van der Waals surface area contributed by atoms with Crippen LogP contribution in [-0.4, -0.2) is 42.5 Å². The van der Waals surface area contributed by atoms with E-state index < -0.39 is 0 Å². The number of nitrogens with zero attached hydrogens (tertiary/aromatic N) is 1. The third-order valence-corrected chi connectivity index (χ3v) is 6.03. The van der Waals surface area contributed by atoms with Gasteiger partial charge in [-0.05, 0) is 55.5 Å². The molecule has 6 heteroatoms. The lowest BCUT2D eigenvalue weighted by Gasteiger charge is -2.33. The molecule has 1 aliphatic heterocycles. The van der Waals surface area contributed by atoms with Crippen LogP contribution < -0.4 is 10.1 Å². The molecular formula is C24H27ClN2O3. The van der Waals surface area contributed by atoms with Gasteiger partial charge in [-0.15, -0.1) is 0 Å². The molecule has 2 aromatic rings. The van der Waals surface area contributed by atoms with Gasteiger partial charge in [0.2, 0.25) is 5.91 Å². The molecule has 1 aliphatic carbocycles. The van der Waals surface area contributed by atoms with Crippen molar-refractivity contribution >= 4 is 23.4 Å². The van der Waals surface area contributed by atoms with E-state index in [1.807, 2.05) is 41.3 Å². The molecule has 1 atom stereocenters. The Morgan fingerprint density at radius 3 is 2.73 bits per heavy atom. The third kappa shape index (κ3) is 5.54. The van der Waals surface area contributed by atoms with E-state index in [0.29, 0.717) is 41.9 Å². The van der Waals surface area contributed by atoms with Crippen LogP contribution in [0.25, 0.3) is 0 Å². The van der Waals surface area contributed by atoms with Crippen molar-refractivity contribution in [2.75, 3.05) is 19.7 Å². The number of ether oxygens (including phenoxy) is 1. The maximum atomic E-state index is 12.7. The molecule has 0 unspecified atom stereocenters. The van der Waals surface area contributed by atoms with Gasteiger partial charge in [-0.1, -0.05) is 35.9 Å². The lowest BCUT2D eigenvalue weighted by molar-refractivity contribution is -0.132. The molecule has 0 bridgehead atoms. The van der Waals surface area contributed by atoms with Gasteiger partial charge in [0.15, 0.2) is 0 Å². The topological polar surface area (TPSA) is 58.6 Å². The van der Waals surface area contributed by atoms with Crippen molar-refractivity contribution in [1.82, 2.24) is 10.2 Å². The second kappa shape index (κ2) is 9.52. The Kier molecular flexibility index (Phi) is 6.58. The van der Waals surface area contributed by atoms with Gasteiger partial charge in [0.25, 0.3) is 5.91 Å². The van der Waals surface area contributed by atoms with E-state index in [1.54, 1.807) is 12.1 Å². The van der Waals surface area contributed by atoms with Crippen LogP contribution in [0.1, 0.15) is 41.6 Å². The van der Waals surface area contributed by atoms with Gasteiger partial charge >= 0.3 is 0 Å². The number of likely N-dealkylation sites (tertiary alicyclic amines) is 1. The van der Waals surface area contributed by atoms with E-state index in [-0.39, 0.29) is 17.7 Å². The van der Waals surface area contributed by atoms with E-state index in [4.69, 9.17) is 16.3 Å². The Morgan fingerprint density at radius 2 is 1.93 bits per heavy atom. The van der Waals surface area contributed by atoms with E-state index in [0.717, 1.165) is 37.8 Å². The van der Waals surface area contributed by atoms with Gasteiger partial charge in [-0.3, -0.25) is 9.59 Å². The van der Waals surface area contributed by atoms with Crippen molar-refractivity contribution in [2.45, 2.75) is 38.1 Å². The first-order valence-corrected chi connectivity index (χ1v) is 11.0. The summed E-state index contributed by atoms with van der Waals surface area (Å²) in [5, 5.41) is 3.63. The van der Waals surface area contributed by atoms with Gasteiger partial charge in [0.05, 0.1) is 13.0 Å². The maximum Gasteiger partial charge on any atom is 0.251 e. The van der Waals surface area contributed by atoms with Gasteiger partial charge in [0.1, 0.15) is 5.75 Å². The molecule has 30 heavy (non-hydrogen) atoms. The van der Waals surface area contributed by atoms with Gasteiger partial charge in [0, 0.05) is 35.6 Å². The van der Waals surface area contributed by atoms with Crippen molar-refractivity contribution in [2.24, 2.45) is 5.92 Å². The molecule has 2 amide bonds. The molecule has 2 fully saturated rings. The minimum Gasteiger partial charge on any atom is -0.493 e. The summed E-state index contributed by atoms with van der Waals surface area (Å²) in [7, 11) is 0. The Bertz CT molecular complexity index is 913. The predicted octanol–water partition coefficient (Wildman–Crippen LogP) is 4.09. The molecule has 4 rings (SSSR count). The Hall–Kier alpha value is -2.53. The van der Waals surface area contributed by atoms with Crippen molar-refractivity contribution < 1.29 is 14.3 Å². The largest absolute Gasteiger partial charge is 0.493 e. The zero-order valence-corrected chi connectivity index (χ0v) is 17.7. The van der Waals surface area contributed by atoms with E-state index >= 15 is 0 Å². The smallest absolute Gasteiger partial charge is 0.251 e. The third-order valence-electron chi connectivity index (χ3n) is 5.67. The molecule has 0 radical (unpaired) electrons. The second-order valence-corrected chi connectivity index (χ2v) is 8.61. The van der Waals surface area contributed by atoms with Crippen molar-refractivity contribution in [3.8, 4) is 5.75 Å². The van der Waals surface area contributed by atoms with Gasteiger partial charge in [-0.25, -0.2) is 0 Å². The van der Waals surface area contributed by atoms with Crippen LogP contribution in [0, 0.1) is 5.92 Å². The van der Waals surface area contributed by atoms with Crippen LogP contribution in [0.2, 0.25) is 5.02 Å². The first-order valence-electron chi connectivity index (χ1n) is 10.6. The summed E-state index contributed by atoms with van der Waals surface area (Å²) in [4.78, 5) is 26.9. The molecule has 158 valence electrons. The lowest BCUT2D eigenvalue weighted by atomic mass is 9.98. The highest BCUT2D eigenvalue weighted by Gasteiger charge is 2.25. The molecule has 1 saturated heterocycles. The number of halogens is 1. The molecule has 2 aromatic carbocycles. The van der Waals surface area contributed by atoms with Crippen LogP contribution in [-0.2, 0) is 11.2 Å². The highest BCUT2D eigenvalue weighted by molar-refractivity contribution is 6.31. The number of hydrogen-bond donors (Lipinski definition) is 1. The standard InChI is InChI=1S/C24H27ClN2O3/c25-22-9-2-1-6-18(22)14-23(28)27-12-4-5-17(15-27)16-30-21-8-3-7-19(13-21)24(29)26-20-10-11-20/h1-3,6-9,13,17,20H,4-5,10-12,14-16H2,(H,26,29)/t17-/m1/s1. The summed E-state index contributed by atoms with van der Waals surface area (Å²) in [6, 6.07) is 15.1. The fraction of sp³-hybridized carbons (Fsp3) is 0.417. The van der Waals surface area contributed by atoms with E-state index in [9.17, 15) is 9.59 Å². The molecule has 1 N–H and O–H groups in total. The quantitative estimate of drug-likeness (QED) is 0.725. The predicted molar refractivity (Wildman–Crippen MR) is 117 cm³/mol. The summed E-state index contributed by atoms with van der Waals surface area (Å²) in [6.07, 6.45) is 4.44. The van der Waals surface area contributed by atoms with Gasteiger partial charge in [-0.2, -0.15) is 0 Å². The number of amides is 2. The lowest BCUT2D eigenvalue weighted by Crippen LogP contribution is -2.42. The van der Waals surface area contributed by atoms with Crippen LogP contribution in [0.15, 0.2) is 48.5 Å². The van der Waals surface area contributed by atoms with Crippen molar-refractivity contribution in [3.05, 3.63) is 64.7 Å². The molecule has 2 aliphatic rings. The Morgan fingerprint density at radius 1 is 1.10 bits per heavy atom. The highest BCUT2D eigenvalue weighted by atomic mass is 35.5. The van der Waals surface area contributed by atoms with Crippen LogP contribution in [0.3, 0.4) is 0 Å². The highest BCUT2D eigenvalue weighted by Crippen LogP contribution is 2.23. The van der Waals surface area contributed by atoms with Crippen LogP contribution in [0.5, 0.6) is 5.75 Å². The molecular weight excluding hydrogens is 400 g/mol. The number of rotatable bonds is 7. The summed E-state index contributed by atoms with van der Waals surface area (Å²) < 4.78 is 5.98. The Labute approximate surface area is 182 Å². The number of benzene rings is 2. The summed E-state index contributed by atoms with van der Waals surface area (Å²) in [6.45, 7) is 1.99. The number of carbonyl (C=O) groups is 2. The first kappa shape index (κ1) is 20.7. The summed E-state index contributed by atoms with van der Waals surface area (Å²) >= 11 is 6.20. The number of nitrogens with one attached hydrogen (secondary N) is 1.